The van der Waals surface area contributed by atoms with Crippen LogP contribution in [0.15, 0.2) is 89.4 Å². The van der Waals surface area contributed by atoms with E-state index in [1.807, 2.05) is 84.9 Å². The minimum atomic E-state index is -0.565. The van der Waals surface area contributed by atoms with E-state index in [9.17, 15) is 9.59 Å². The zero-order chi connectivity index (χ0) is 24.5. The number of benzene rings is 3. The molecule has 1 atom stereocenters. The van der Waals surface area contributed by atoms with Crippen molar-refractivity contribution in [1.82, 2.24) is 10.2 Å². The zero-order valence-corrected chi connectivity index (χ0v) is 21.6. The molecule has 182 valence electrons. The number of rotatable bonds is 10. The van der Waals surface area contributed by atoms with Crippen molar-refractivity contribution >= 4 is 27.7 Å². The van der Waals surface area contributed by atoms with Gasteiger partial charge in [0.2, 0.25) is 11.8 Å². The minimum absolute atomic E-state index is 0.000671. The van der Waals surface area contributed by atoms with Gasteiger partial charge in [-0.05, 0) is 48.1 Å². The van der Waals surface area contributed by atoms with Crippen LogP contribution in [-0.4, -0.2) is 28.8 Å². The smallest absolute Gasteiger partial charge is 0.243 e. The first-order valence-corrected chi connectivity index (χ1v) is 13.3. The molecule has 1 aliphatic rings. The number of amides is 2. The van der Waals surface area contributed by atoms with Crippen molar-refractivity contribution < 1.29 is 9.59 Å². The third-order valence-corrected chi connectivity index (χ3v) is 7.24. The maximum absolute atomic E-state index is 13.7. The van der Waals surface area contributed by atoms with Crippen LogP contribution < -0.4 is 5.32 Å². The van der Waals surface area contributed by atoms with Gasteiger partial charge in [-0.2, -0.15) is 0 Å². The molecule has 1 saturated carbocycles. The topological polar surface area (TPSA) is 49.4 Å². The molecule has 1 N–H and O–H groups in total. The van der Waals surface area contributed by atoms with Gasteiger partial charge in [-0.3, -0.25) is 9.59 Å². The summed E-state index contributed by atoms with van der Waals surface area (Å²) in [6.07, 6.45) is 5.82. The average Bonchev–Trinajstić information content (AvgIpc) is 3.40. The highest BCUT2D eigenvalue weighted by molar-refractivity contribution is 9.10. The number of aryl methyl sites for hydroxylation is 1. The molecule has 0 unspecified atom stereocenters. The SMILES string of the molecule is O=C(NC1CCCC1)[C@@H](Cc1ccccc1)N(Cc1ccc(Br)cc1)C(=O)CCc1ccccc1. The molecular weight excluding hydrogens is 500 g/mol. The van der Waals surface area contributed by atoms with Crippen LogP contribution in [0.5, 0.6) is 0 Å². The Morgan fingerprint density at radius 1 is 0.829 bits per heavy atom. The molecule has 3 aromatic carbocycles. The van der Waals surface area contributed by atoms with Crippen LogP contribution in [0.25, 0.3) is 0 Å². The third kappa shape index (κ3) is 7.53. The summed E-state index contributed by atoms with van der Waals surface area (Å²) >= 11 is 3.49. The molecule has 0 radical (unpaired) electrons. The van der Waals surface area contributed by atoms with Crippen molar-refractivity contribution in [2.45, 2.75) is 63.6 Å². The summed E-state index contributed by atoms with van der Waals surface area (Å²) in [6.45, 7) is 0.399. The van der Waals surface area contributed by atoms with E-state index in [-0.39, 0.29) is 17.9 Å². The summed E-state index contributed by atoms with van der Waals surface area (Å²) in [5, 5.41) is 3.26. The van der Waals surface area contributed by atoms with Gasteiger partial charge in [-0.25, -0.2) is 0 Å². The molecule has 0 heterocycles. The number of carbonyl (C=O) groups excluding carboxylic acids is 2. The summed E-state index contributed by atoms with van der Waals surface area (Å²) in [4.78, 5) is 29.1. The van der Waals surface area contributed by atoms with E-state index in [0.717, 1.165) is 46.8 Å². The van der Waals surface area contributed by atoms with Gasteiger partial charge >= 0.3 is 0 Å². The van der Waals surface area contributed by atoms with Crippen LogP contribution in [-0.2, 0) is 29.0 Å². The summed E-state index contributed by atoms with van der Waals surface area (Å²) in [5.74, 6) is -0.0507. The molecule has 1 aliphatic carbocycles. The van der Waals surface area contributed by atoms with Crippen LogP contribution >= 0.6 is 15.9 Å². The molecule has 0 aliphatic heterocycles. The molecule has 35 heavy (non-hydrogen) atoms. The van der Waals surface area contributed by atoms with Gasteiger partial charge in [0.15, 0.2) is 0 Å². The number of carbonyl (C=O) groups is 2. The molecule has 1 fully saturated rings. The fourth-order valence-corrected chi connectivity index (χ4v) is 5.01. The van der Waals surface area contributed by atoms with E-state index < -0.39 is 6.04 Å². The van der Waals surface area contributed by atoms with E-state index in [0.29, 0.717) is 25.8 Å². The number of hydrogen-bond acceptors (Lipinski definition) is 2. The van der Waals surface area contributed by atoms with Crippen molar-refractivity contribution in [2.24, 2.45) is 0 Å². The highest BCUT2D eigenvalue weighted by atomic mass is 79.9. The minimum Gasteiger partial charge on any atom is -0.352 e. The predicted octanol–water partition coefficient (Wildman–Crippen LogP) is 6.08. The maximum Gasteiger partial charge on any atom is 0.243 e. The Morgan fingerprint density at radius 3 is 2.06 bits per heavy atom. The number of nitrogens with one attached hydrogen (secondary N) is 1. The molecular formula is C30H33BrN2O2. The fourth-order valence-electron chi connectivity index (χ4n) is 4.75. The Bertz CT molecular complexity index is 1080. The van der Waals surface area contributed by atoms with E-state index in [1.165, 1.54) is 0 Å². The Hall–Kier alpha value is -2.92. The van der Waals surface area contributed by atoms with Crippen LogP contribution in [0.2, 0.25) is 0 Å². The van der Waals surface area contributed by atoms with Gasteiger partial charge in [0, 0.05) is 29.9 Å². The van der Waals surface area contributed by atoms with Crippen molar-refractivity contribution in [1.29, 1.82) is 0 Å². The second kappa shape index (κ2) is 12.7. The molecule has 0 spiro atoms. The van der Waals surface area contributed by atoms with Gasteiger partial charge in [-0.1, -0.05) is 102 Å². The van der Waals surface area contributed by atoms with E-state index in [4.69, 9.17) is 0 Å². The summed E-state index contributed by atoms with van der Waals surface area (Å²) in [7, 11) is 0. The fraction of sp³-hybridized carbons (Fsp3) is 0.333. The molecule has 3 aromatic rings. The number of halogens is 1. The zero-order valence-electron chi connectivity index (χ0n) is 20.0. The van der Waals surface area contributed by atoms with E-state index in [1.54, 1.807) is 4.90 Å². The van der Waals surface area contributed by atoms with Crippen molar-refractivity contribution in [3.05, 3.63) is 106 Å². The summed E-state index contributed by atoms with van der Waals surface area (Å²) in [6, 6.07) is 27.7. The monoisotopic (exact) mass is 532 g/mol. The predicted molar refractivity (Wildman–Crippen MR) is 144 cm³/mol. The normalized spacial score (nSPS) is 14.4. The Balaban J connectivity index is 1.60. The maximum atomic E-state index is 13.7. The summed E-state index contributed by atoms with van der Waals surface area (Å²) in [5.41, 5.74) is 3.18. The Morgan fingerprint density at radius 2 is 1.43 bits per heavy atom. The van der Waals surface area contributed by atoms with Gasteiger partial charge < -0.3 is 10.2 Å². The van der Waals surface area contributed by atoms with Crippen molar-refractivity contribution in [3.63, 3.8) is 0 Å². The Kier molecular flexibility index (Phi) is 9.13. The lowest BCUT2D eigenvalue weighted by molar-refractivity contribution is -0.141. The molecule has 0 bridgehead atoms. The molecule has 0 saturated heterocycles. The lowest BCUT2D eigenvalue weighted by Crippen LogP contribution is -2.52. The Labute approximate surface area is 216 Å². The van der Waals surface area contributed by atoms with Crippen molar-refractivity contribution in [3.8, 4) is 0 Å². The third-order valence-electron chi connectivity index (χ3n) is 6.71. The van der Waals surface area contributed by atoms with E-state index >= 15 is 0 Å². The first-order valence-electron chi connectivity index (χ1n) is 12.5. The molecule has 4 nitrogen and oxygen atoms in total. The average molecular weight is 534 g/mol. The highest BCUT2D eigenvalue weighted by Gasteiger charge is 2.32. The quantitative estimate of drug-likeness (QED) is 0.344. The lowest BCUT2D eigenvalue weighted by Gasteiger charge is -2.32. The van der Waals surface area contributed by atoms with E-state index in [2.05, 4.69) is 21.2 Å². The number of nitrogens with zero attached hydrogens (tertiary/aromatic N) is 1. The molecule has 4 rings (SSSR count). The van der Waals surface area contributed by atoms with Crippen LogP contribution in [0, 0.1) is 0 Å². The number of hydrogen-bond donors (Lipinski definition) is 1. The highest BCUT2D eigenvalue weighted by Crippen LogP contribution is 2.21. The van der Waals surface area contributed by atoms with Gasteiger partial charge in [0.1, 0.15) is 6.04 Å². The van der Waals surface area contributed by atoms with Crippen LogP contribution in [0.1, 0.15) is 48.8 Å². The van der Waals surface area contributed by atoms with Crippen molar-refractivity contribution in [2.75, 3.05) is 0 Å². The molecule has 0 aromatic heterocycles. The first-order chi connectivity index (χ1) is 17.1. The molecule has 2 amide bonds. The van der Waals surface area contributed by atoms with Gasteiger partial charge in [-0.15, -0.1) is 0 Å². The standard InChI is InChI=1S/C30H33BrN2O2/c31-26-18-15-25(16-19-26)22-33(29(34)20-17-23-9-3-1-4-10-23)28(21-24-11-5-2-6-12-24)30(35)32-27-13-7-8-14-27/h1-6,9-12,15-16,18-19,27-28H,7-8,13-14,17,20-22H2,(H,32,35)/t28-/m1/s1. The van der Waals surface area contributed by atoms with Crippen LogP contribution in [0.4, 0.5) is 0 Å². The first kappa shape index (κ1) is 25.2. The lowest BCUT2D eigenvalue weighted by atomic mass is 10.0. The van der Waals surface area contributed by atoms with Gasteiger partial charge in [0.05, 0.1) is 0 Å². The summed E-state index contributed by atoms with van der Waals surface area (Å²) < 4.78 is 0.989. The second-order valence-corrected chi connectivity index (χ2v) is 10.2. The molecule has 5 heteroatoms. The largest absolute Gasteiger partial charge is 0.352 e. The second-order valence-electron chi connectivity index (χ2n) is 9.33. The van der Waals surface area contributed by atoms with Gasteiger partial charge in [0.25, 0.3) is 0 Å². The van der Waals surface area contributed by atoms with Crippen LogP contribution in [0.3, 0.4) is 0 Å².